The van der Waals surface area contributed by atoms with Gasteiger partial charge in [-0.25, -0.2) is 9.97 Å². The number of hydrogen-bond acceptors (Lipinski definition) is 8. The molecule has 158 valence electrons. The minimum Gasteiger partial charge on any atom is -0.387 e. The van der Waals surface area contributed by atoms with Crippen LogP contribution >= 0.6 is 11.3 Å². The van der Waals surface area contributed by atoms with E-state index in [1.165, 1.54) is 23.7 Å². The standard InChI is InChI=1S/C20H20N8O2S/c1-10(20(30)28-8-11(5-21)9-28)26-19(29)12-6-24-18-16(12)27-14(7-25-18)15(22)17-13(23-2)3-4-31-17/h3-4,6-7,10-11,22-23H,8-9H2,1-2H3,(H,24,25)(H,26,29)/t10-/m1/s1. The van der Waals surface area contributed by atoms with E-state index in [1.54, 1.807) is 18.9 Å². The lowest BCUT2D eigenvalue weighted by molar-refractivity contribution is -0.137. The molecule has 0 spiro atoms. The highest BCUT2D eigenvalue weighted by Crippen LogP contribution is 2.25. The number of nitrogens with zero attached hydrogens (tertiary/aromatic N) is 4. The highest BCUT2D eigenvalue weighted by atomic mass is 32.1. The first-order chi connectivity index (χ1) is 14.9. The molecule has 1 saturated heterocycles. The molecule has 0 aromatic carbocycles. The van der Waals surface area contributed by atoms with E-state index in [2.05, 4.69) is 31.7 Å². The predicted molar refractivity (Wildman–Crippen MR) is 116 cm³/mol. The topological polar surface area (TPSA) is 151 Å². The van der Waals surface area contributed by atoms with Gasteiger partial charge in [0.05, 0.1) is 34.3 Å². The second kappa shape index (κ2) is 8.16. The Morgan fingerprint density at radius 1 is 1.45 bits per heavy atom. The number of anilines is 1. The summed E-state index contributed by atoms with van der Waals surface area (Å²) in [7, 11) is 1.78. The summed E-state index contributed by atoms with van der Waals surface area (Å²) in [5.74, 6) is -0.837. The summed E-state index contributed by atoms with van der Waals surface area (Å²) in [6.45, 7) is 2.38. The second-order valence-corrected chi connectivity index (χ2v) is 8.12. The van der Waals surface area contributed by atoms with Gasteiger partial charge in [-0.05, 0) is 18.4 Å². The minimum atomic E-state index is -0.740. The third kappa shape index (κ3) is 3.73. The van der Waals surface area contributed by atoms with Crippen LogP contribution in [-0.4, -0.2) is 63.6 Å². The van der Waals surface area contributed by atoms with Crippen molar-refractivity contribution in [2.45, 2.75) is 13.0 Å². The van der Waals surface area contributed by atoms with Crippen LogP contribution in [0.5, 0.6) is 0 Å². The van der Waals surface area contributed by atoms with Gasteiger partial charge in [-0.3, -0.25) is 15.0 Å². The highest BCUT2D eigenvalue weighted by Gasteiger charge is 2.33. The molecule has 1 atom stereocenters. The maximum Gasteiger partial charge on any atom is 0.255 e. The monoisotopic (exact) mass is 436 g/mol. The third-order valence-corrected chi connectivity index (χ3v) is 6.07. The summed E-state index contributed by atoms with van der Waals surface area (Å²) in [4.78, 5) is 39.2. The molecule has 4 N–H and O–H groups in total. The van der Waals surface area contributed by atoms with E-state index in [-0.39, 0.29) is 23.1 Å². The lowest BCUT2D eigenvalue weighted by atomic mass is 10.0. The molecule has 3 aromatic heterocycles. The van der Waals surface area contributed by atoms with Gasteiger partial charge in [0.1, 0.15) is 23.0 Å². The van der Waals surface area contributed by atoms with Gasteiger partial charge in [-0.1, -0.05) is 0 Å². The first kappa shape index (κ1) is 20.5. The largest absolute Gasteiger partial charge is 0.387 e. The Bertz CT molecular complexity index is 1220. The SMILES string of the molecule is CNc1ccsc1C(=N)c1cnc2[nH]cc(C(=O)N[C@H](C)C(=O)N3CC(C#N)C3)c2n1. The number of nitrogens with one attached hydrogen (secondary N) is 4. The van der Waals surface area contributed by atoms with Crippen LogP contribution in [0.1, 0.15) is 27.9 Å². The smallest absolute Gasteiger partial charge is 0.255 e. The summed E-state index contributed by atoms with van der Waals surface area (Å²) in [6, 6.07) is 3.26. The maximum atomic E-state index is 12.8. The molecular weight excluding hydrogens is 416 g/mol. The highest BCUT2D eigenvalue weighted by molar-refractivity contribution is 7.13. The zero-order valence-electron chi connectivity index (χ0n) is 16.9. The van der Waals surface area contributed by atoms with Crippen molar-refractivity contribution >= 4 is 45.7 Å². The molecule has 0 aliphatic carbocycles. The Labute approximate surface area is 181 Å². The molecule has 31 heavy (non-hydrogen) atoms. The fraction of sp³-hybridized carbons (Fsp3) is 0.300. The zero-order valence-corrected chi connectivity index (χ0v) is 17.7. The molecule has 0 radical (unpaired) electrons. The molecule has 4 heterocycles. The number of rotatable bonds is 6. The van der Waals surface area contributed by atoms with Crippen LogP contribution in [0.3, 0.4) is 0 Å². The van der Waals surface area contributed by atoms with E-state index in [0.29, 0.717) is 29.9 Å². The molecule has 2 amide bonds. The summed E-state index contributed by atoms with van der Waals surface area (Å²) in [6.07, 6.45) is 2.98. The molecule has 1 aliphatic heterocycles. The Morgan fingerprint density at radius 2 is 2.23 bits per heavy atom. The number of hydrogen-bond donors (Lipinski definition) is 4. The second-order valence-electron chi connectivity index (χ2n) is 7.21. The Hall–Kier alpha value is -3.78. The van der Waals surface area contributed by atoms with E-state index in [0.717, 1.165) is 10.6 Å². The Morgan fingerprint density at radius 3 is 2.94 bits per heavy atom. The fourth-order valence-corrected chi connectivity index (χ4v) is 4.21. The number of amides is 2. The number of thiophene rings is 1. The van der Waals surface area contributed by atoms with Crippen LogP contribution in [0.4, 0.5) is 5.69 Å². The lowest BCUT2D eigenvalue weighted by Gasteiger charge is -2.37. The Balaban J connectivity index is 1.53. The van der Waals surface area contributed by atoms with Crippen molar-refractivity contribution in [1.29, 1.82) is 10.7 Å². The molecule has 1 fully saturated rings. The van der Waals surface area contributed by atoms with Crippen LogP contribution in [0.15, 0.2) is 23.8 Å². The van der Waals surface area contributed by atoms with Gasteiger partial charge in [-0.2, -0.15) is 5.26 Å². The summed E-state index contributed by atoms with van der Waals surface area (Å²) >= 11 is 1.41. The number of nitriles is 1. The number of carbonyl (C=O) groups is 2. The van der Waals surface area contributed by atoms with Gasteiger partial charge < -0.3 is 20.5 Å². The summed E-state index contributed by atoms with van der Waals surface area (Å²) in [5, 5.41) is 25.0. The van der Waals surface area contributed by atoms with Crippen molar-refractivity contribution in [3.63, 3.8) is 0 Å². The molecular formula is C20H20N8O2S. The number of aromatic amines is 1. The zero-order chi connectivity index (χ0) is 22.1. The van der Waals surface area contributed by atoms with Crippen molar-refractivity contribution in [3.05, 3.63) is 40.0 Å². The normalized spacial score (nSPS) is 14.5. The summed E-state index contributed by atoms with van der Waals surface area (Å²) < 4.78 is 0. The van der Waals surface area contributed by atoms with Crippen molar-refractivity contribution < 1.29 is 9.59 Å². The van der Waals surface area contributed by atoms with Gasteiger partial charge in [0, 0.05) is 26.3 Å². The quantitative estimate of drug-likeness (QED) is 0.431. The van der Waals surface area contributed by atoms with Crippen molar-refractivity contribution in [1.82, 2.24) is 25.2 Å². The van der Waals surface area contributed by atoms with E-state index in [9.17, 15) is 9.59 Å². The number of carbonyl (C=O) groups excluding carboxylic acids is 2. The van der Waals surface area contributed by atoms with Crippen molar-refractivity contribution in [3.8, 4) is 6.07 Å². The summed E-state index contributed by atoms with van der Waals surface area (Å²) in [5.41, 5.74) is 2.36. The fourth-order valence-electron chi connectivity index (χ4n) is 3.35. The molecule has 1 aliphatic rings. The van der Waals surface area contributed by atoms with Gasteiger partial charge in [0.2, 0.25) is 5.91 Å². The molecule has 11 heteroatoms. The average Bonchev–Trinajstić information content (AvgIpc) is 3.38. The van der Waals surface area contributed by atoms with E-state index in [4.69, 9.17) is 10.7 Å². The molecule has 3 aromatic rings. The average molecular weight is 437 g/mol. The molecule has 0 unspecified atom stereocenters. The molecule has 0 saturated carbocycles. The van der Waals surface area contributed by atoms with Gasteiger partial charge in [-0.15, -0.1) is 11.3 Å². The van der Waals surface area contributed by atoms with Crippen LogP contribution < -0.4 is 10.6 Å². The predicted octanol–water partition coefficient (Wildman–Crippen LogP) is 1.58. The number of H-pyrrole nitrogens is 1. The maximum absolute atomic E-state index is 12.8. The van der Waals surface area contributed by atoms with Crippen LogP contribution in [-0.2, 0) is 4.79 Å². The molecule has 0 bridgehead atoms. The Kier molecular flexibility index (Phi) is 5.39. The minimum absolute atomic E-state index is 0.142. The lowest BCUT2D eigenvalue weighted by Crippen LogP contribution is -2.55. The van der Waals surface area contributed by atoms with Crippen molar-refractivity contribution in [2.75, 3.05) is 25.5 Å². The number of aromatic nitrogens is 3. The van der Waals surface area contributed by atoms with E-state index in [1.807, 2.05) is 11.4 Å². The van der Waals surface area contributed by atoms with Crippen LogP contribution in [0.2, 0.25) is 0 Å². The van der Waals surface area contributed by atoms with E-state index < -0.39 is 11.9 Å². The molecule has 10 nitrogen and oxygen atoms in total. The van der Waals surface area contributed by atoms with Gasteiger partial charge in [0.15, 0.2) is 5.65 Å². The first-order valence-corrected chi connectivity index (χ1v) is 10.5. The van der Waals surface area contributed by atoms with Crippen molar-refractivity contribution in [2.24, 2.45) is 5.92 Å². The first-order valence-electron chi connectivity index (χ1n) is 9.60. The molecule has 4 rings (SSSR count). The van der Waals surface area contributed by atoms with Gasteiger partial charge >= 0.3 is 0 Å². The number of fused-ring (bicyclic) bond motifs is 1. The van der Waals surface area contributed by atoms with Crippen LogP contribution in [0.25, 0.3) is 11.2 Å². The van der Waals surface area contributed by atoms with Crippen LogP contribution in [0, 0.1) is 22.7 Å². The third-order valence-electron chi connectivity index (χ3n) is 5.14. The number of likely N-dealkylation sites (tertiary alicyclic amines) is 1. The van der Waals surface area contributed by atoms with E-state index >= 15 is 0 Å². The van der Waals surface area contributed by atoms with Gasteiger partial charge in [0.25, 0.3) is 5.91 Å².